The first-order valence-corrected chi connectivity index (χ1v) is 8.79. The lowest BCUT2D eigenvalue weighted by Gasteiger charge is -2.34. The van der Waals surface area contributed by atoms with Crippen molar-refractivity contribution in [1.82, 2.24) is 20.4 Å². The highest BCUT2D eigenvalue weighted by molar-refractivity contribution is 5.94. The van der Waals surface area contributed by atoms with E-state index in [1.54, 1.807) is 0 Å². The summed E-state index contributed by atoms with van der Waals surface area (Å²) in [7, 11) is 0. The third-order valence-electron chi connectivity index (χ3n) is 4.20. The Labute approximate surface area is 144 Å². The molecule has 1 fully saturated rings. The number of carbonyl (C=O) groups is 2. The number of nitrogens with one attached hydrogen (secondary N) is 2. The lowest BCUT2D eigenvalue weighted by atomic mass is 10.2. The normalized spacial score (nSPS) is 15.1. The number of piperazine rings is 1. The van der Waals surface area contributed by atoms with E-state index in [1.165, 1.54) is 0 Å². The van der Waals surface area contributed by atoms with E-state index in [-0.39, 0.29) is 11.9 Å². The van der Waals surface area contributed by atoms with Gasteiger partial charge >= 0.3 is 6.03 Å². The molecule has 0 unspecified atom stereocenters. The van der Waals surface area contributed by atoms with Gasteiger partial charge in [-0.2, -0.15) is 0 Å². The van der Waals surface area contributed by atoms with Crippen LogP contribution in [0.5, 0.6) is 0 Å². The summed E-state index contributed by atoms with van der Waals surface area (Å²) in [5.41, 5.74) is 0.766. The zero-order chi connectivity index (χ0) is 17.2. The van der Waals surface area contributed by atoms with Crippen molar-refractivity contribution in [3.05, 3.63) is 35.9 Å². The molecule has 0 saturated carbocycles. The summed E-state index contributed by atoms with van der Waals surface area (Å²) >= 11 is 0. The molecule has 1 aliphatic heterocycles. The number of amides is 3. The number of unbranched alkanes of at least 4 members (excludes halogenated alkanes) is 1. The molecule has 6 heteroatoms. The van der Waals surface area contributed by atoms with Crippen molar-refractivity contribution >= 4 is 11.9 Å². The fourth-order valence-electron chi connectivity index (χ4n) is 2.82. The van der Waals surface area contributed by atoms with Gasteiger partial charge in [0.05, 0.1) is 0 Å². The summed E-state index contributed by atoms with van der Waals surface area (Å²) in [5.74, 6) is 0.126. The Kier molecular flexibility index (Phi) is 7.55. The van der Waals surface area contributed by atoms with Crippen molar-refractivity contribution < 1.29 is 9.59 Å². The second-order valence-electron chi connectivity index (χ2n) is 5.99. The molecule has 132 valence electrons. The summed E-state index contributed by atoms with van der Waals surface area (Å²) in [6.45, 7) is 7.68. The molecule has 3 amide bonds. The predicted octanol–water partition coefficient (Wildman–Crippen LogP) is 1.54. The van der Waals surface area contributed by atoms with E-state index in [0.29, 0.717) is 13.1 Å². The molecule has 0 aromatic heterocycles. The van der Waals surface area contributed by atoms with E-state index < -0.39 is 0 Å². The maximum Gasteiger partial charge on any atom is 0.314 e. The van der Waals surface area contributed by atoms with Crippen LogP contribution in [-0.4, -0.2) is 67.6 Å². The average Bonchev–Trinajstić information content (AvgIpc) is 2.62. The van der Waals surface area contributed by atoms with Crippen LogP contribution >= 0.6 is 0 Å². The van der Waals surface area contributed by atoms with E-state index in [9.17, 15) is 9.59 Å². The Morgan fingerprint density at radius 1 is 1.00 bits per heavy atom. The topological polar surface area (TPSA) is 64.7 Å². The second kappa shape index (κ2) is 9.93. The number of hydrogen-bond acceptors (Lipinski definition) is 3. The fraction of sp³-hybridized carbons (Fsp3) is 0.556. The SMILES string of the molecule is CCNC(=O)NCCCCN1CCN(C(=O)c2ccccc2)CC1. The van der Waals surface area contributed by atoms with Gasteiger partial charge < -0.3 is 15.5 Å². The van der Waals surface area contributed by atoms with Crippen LogP contribution in [0.3, 0.4) is 0 Å². The molecule has 0 spiro atoms. The second-order valence-corrected chi connectivity index (χ2v) is 5.99. The van der Waals surface area contributed by atoms with E-state index in [2.05, 4.69) is 15.5 Å². The standard InChI is InChI=1S/C18H28N4O2/c1-2-19-18(24)20-10-6-7-11-21-12-14-22(15-13-21)17(23)16-8-4-3-5-9-16/h3-5,8-9H,2,6-7,10-15H2,1H3,(H2,19,20,24). The van der Waals surface area contributed by atoms with Crippen molar-refractivity contribution in [2.24, 2.45) is 0 Å². The summed E-state index contributed by atoms with van der Waals surface area (Å²) in [6.07, 6.45) is 2.03. The Hall–Kier alpha value is -2.08. The number of urea groups is 1. The molecule has 0 aliphatic carbocycles. The largest absolute Gasteiger partial charge is 0.338 e. The maximum atomic E-state index is 12.4. The van der Waals surface area contributed by atoms with Gasteiger partial charge in [-0.3, -0.25) is 9.69 Å². The number of hydrogen-bond donors (Lipinski definition) is 2. The van der Waals surface area contributed by atoms with Gasteiger partial charge in [-0.15, -0.1) is 0 Å². The molecular weight excluding hydrogens is 304 g/mol. The van der Waals surface area contributed by atoms with E-state index in [1.807, 2.05) is 42.2 Å². The van der Waals surface area contributed by atoms with Crippen molar-refractivity contribution in [3.63, 3.8) is 0 Å². The van der Waals surface area contributed by atoms with Crippen LogP contribution in [0.25, 0.3) is 0 Å². The molecule has 2 N–H and O–H groups in total. The molecule has 0 atom stereocenters. The number of nitrogens with zero attached hydrogens (tertiary/aromatic N) is 2. The van der Waals surface area contributed by atoms with Crippen LogP contribution in [0.1, 0.15) is 30.1 Å². The minimum Gasteiger partial charge on any atom is -0.338 e. The van der Waals surface area contributed by atoms with Gasteiger partial charge in [0, 0.05) is 44.8 Å². The van der Waals surface area contributed by atoms with E-state index in [4.69, 9.17) is 0 Å². The van der Waals surface area contributed by atoms with Crippen molar-refractivity contribution in [2.75, 3.05) is 45.8 Å². The zero-order valence-corrected chi connectivity index (χ0v) is 14.5. The molecule has 1 aromatic rings. The van der Waals surface area contributed by atoms with Crippen LogP contribution in [0.15, 0.2) is 30.3 Å². The highest BCUT2D eigenvalue weighted by atomic mass is 16.2. The summed E-state index contributed by atoms with van der Waals surface area (Å²) in [4.78, 5) is 28.0. The van der Waals surface area contributed by atoms with Gasteiger partial charge in [0.1, 0.15) is 0 Å². The zero-order valence-electron chi connectivity index (χ0n) is 14.5. The number of carbonyl (C=O) groups excluding carboxylic acids is 2. The van der Waals surface area contributed by atoms with E-state index >= 15 is 0 Å². The van der Waals surface area contributed by atoms with Gasteiger partial charge in [-0.1, -0.05) is 18.2 Å². The molecule has 1 heterocycles. The van der Waals surface area contributed by atoms with Crippen LogP contribution in [0.4, 0.5) is 4.79 Å². The van der Waals surface area contributed by atoms with E-state index in [0.717, 1.165) is 51.1 Å². The maximum absolute atomic E-state index is 12.4. The highest BCUT2D eigenvalue weighted by Gasteiger charge is 2.21. The Bertz CT molecular complexity index is 513. The van der Waals surface area contributed by atoms with Crippen molar-refractivity contribution in [2.45, 2.75) is 19.8 Å². The third kappa shape index (κ3) is 5.85. The number of rotatable bonds is 7. The summed E-state index contributed by atoms with van der Waals surface area (Å²) < 4.78 is 0. The van der Waals surface area contributed by atoms with Crippen LogP contribution in [-0.2, 0) is 0 Å². The fourth-order valence-corrected chi connectivity index (χ4v) is 2.82. The summed E-state index contributed by atoms with van der Waals surface area (Å²) in [5, 5.41) is 5.56. The van der Waals surface area contributed by atoms with Crippen LogP contribution < -0.4 is 10.6 Å². The molecule has 24 heavy (non-hydrogen) atoms. The van der Waals surface area contributed by atoms with Gasteiger partial charge in [-0.05, 0) is 38.4 Å². The van der Waals surface area contributed by atoms with Crippen molar-refractivity contribution in [3.8, 4) is 0 Å². The molecule has 1 aliphatic rings. The van der Waals surface area contributed by atoms with Crippen LogP contribution in [0.2, 0.25) is 0 Å². The molecule has 0 radical (unpaired) electrons. The van der Waals surface area contributed by atoms with Gasteiger partial charge in [0.15, 0.2) is 0 Å². The monoisotopic (exact) mass is 332 g/mol. The van der Waals surface area contributed by atoms with Gasteiger partial charge in [0.2, 0.25) is 0 Å². The molecular formula is C18H28N4O2. The third-order valence-corrected chi connectivity index (χ3v) is 4.20. The minimum atomic E-state index is -0.0921. The predicted molar refractivity (Wildman–Crippen MR) is 95.1 cm³/mol. The first-order chi connectivity index (χ1) is 11.7. The van der Waals surface area contributed by atoms with Gasteiger partial charge in [-0.25, -0.2) is 4.79 Å². The lowest BCUT2D eigenvalue weighted by Crippen LogP contribution is -2.48. The first kappa shape index (κ1) is 18.3. The van der Waals surface area contributed by atoms with Gasteiger partial charge in [0.25, 0.3) is 5.91 Å². The molecule has 0 bridgehead atoms. The molecule has 2 rings (SSSR count). The van der Waals surface area contributed by atoms with Crippen LogP contribution in [0, 0.1) is 0 Å². The summed E-state index contributed by atoms with van der Waals surface area (Å²) in [6, 6.07) is 9.38. The lowest BCUT2D eigenvalue weighted by molar-refractivity contribution is 0.0635. The number of benzene rings is 1. The molecule has 1 saturated heterocycles. The minimum absolute atomic E-state index is 0.0921. The quantitative estimate of drug-likeness (QED) is 0.745. The Morgan fingerprint density at radius 3 is 2.38 bits per heavy atom. The highest BCUT2D eigenvalue weighted by Crippen LogP contribution is 2.09. The Morgan fingerprint density at radius 2 is 1.71 bits per heavy atom. The van der Waals surface area contributed by atoms with Crippen molar-refractivity contribution in [1.29, 1.82) is 0 Å². The molecule has 1 aromatic carbocycles. The molecule has 6 nitrogen and oxygen atoms in total. The Balaban J connectivity index is 1.59. The smallest absolute Gasteiger partial charge is 0.314 e. The average molecular weight is 332 g/mol. The first-order valence-electron chi connectivity index (χ1n) is 8.79.